The molecule has 1 heterocycles. The quantitative estimate of drug-likeness (QED) is 0.395. The second-order valence-electron chi connectivity index (χ2n) is 7.54. The molecule has 0 bridgehead atoms. The predicted octanol–water partition coefficient (Wildman–Crippen LogP) is 2.69. The van der Waals surface area contributed by atoms with Crippen LogP contribution in [0.4, 0.5) is 0 Å². The van der Waals surface area contributed by atoms with Gasteiger partial charge in [-0.15, -0.1) is 0 Å². The summed E-state index contributed by atoms with van der Waals surface area (Å²) < 4.78 is 17.6. The Balaban J connectivity index is 1.80. The van der Waals surface area contributed by atoms with Gasteiger partial charge in [0.15, 0.2) is 11.5 Å². The van der Waals surface area contributed by atoms with Gasteiger partial charge in [0, 0.05) is 31.4 Å². The van der Waals surface area contributed by atoms with Gasteiger partial charge in [-0.25, -0.2) is 4.79 Å². The number of H-pyrrole nitrogens is 1. The number of carbonyl (C=O) groups is 1. The largest absolute Gasteiger partial charge is 0.490 e. The van der Waals surface area contributed by atoms with Crippen molar-refractivity contribution in [1.82, 2.24) is 14.9 Å². The lowest BCUT2D eigenvalue weighted by atomic mass is 10.1. The van der Waals surface area contributed by atoms with Crippen molar-refractivity contribution < 1.29 is 19.0 Å². The fourth-order valence-electron chi connectivity index (χ4n) is 3.51. The van der Waals surface area contributed by atoms with E-state index in [1.54, 1.807) is 36.4 Å². The Kier molecular flexibility index (Phi) is 8.86. The first-order chi connectivity index (χ1) is 16.5. The van der Waals surface area contributed by atoms with Gasteiger partial charge in [-0.3, -0.25) is 14.2 Å². The number of ether oxygens (including phenoxy) is 3. The number of benzene rings is 2. The van der Waals surface area contributed by atoms with Gasteiger partial charge < -0.3 is 24.5 Å². The van der Waals surface area contributed by atoms with E-state index in [9.17, 15) is 14.4 Å². The topological polar surface area (TPSA) is 112 Å². The SMILES string of the molecule is CCOCCCNC(=O)c1ccc(Cn2c(=O)[nH]c3cc(OCC)c(OCC)cc3c2=O)cc1. The first-order valence-electron chi connectivity index (χ1n) is 11.5. The molecule has 3 rings (SSSR count). The van der Waals surface area contributed by atoms with Crippen LogP contribution >= 0.6 is 0 Å². The van der Waals surface area contributed by atoms with E-state index in [0.717, 1.165) is 16.6 Å². The van der Waals surface area contributed by atoms with Crippen LogP contribution in [-0.2, 0) is 11.3 Å². The highest BCUT2D eigenvalue weighted by Crippen LogP contribution is 2.30. The van der Waals surface area contributed by atoms with E-state index >= 15 is 0 Å². The summed E-state index contributed by atoms with van der Waals surface area (Å²) in [5.74, 6) is 0.734. The molecule has 182 valence electrons. The van der Waals surface area contributed by atoms with Crippen molar-refractivity contribution in [1.29, 1.82) is 0 Å². The molecule has 0 saturated carbocycles. The molecule has 0 aliphatic heterocycles. The lowest BCUT2D eigenvalue weighted by molar-refractivity contribution is 0.0944. The van der Waals surface area contributed by atoms with Crippen molar-refractivity contribution in [3.63, 3.8) is 0 Å². The summed E-state index contributed by atoms with van der Waals surface area (Å²) in [6, 6.07) is 10.0. The van der Waals surface area contributed by atoms with Gasteiger partial charge in [0.1, 0.15) is 0 Å². The van der Waals surface area contributed by atoms with Gasteiger partial charge >= 0.3 is 5.69 Å². The number of nitrogens with zero attached hydrogens (tertiary/aromatic N) is 1. The lowest BCUT2D eigenvalue weighted by Gasteiger charge is -2.13. The number of hydrogen-bond acceptors (Lipinski definition) is 6. The lowest BCUT2D eigenvalue weighted by Crippen LogP contribution is -2.35. The monoisotopic (exact) mass is 469 g/mol. The highest BCUT2D eigenvalue weighted by atomic mass is 16.5. The molecule has 9 nitrogen and oxygen atoms in total. The molecule has 2 aromatic carbocycles. The Morgan fingerprint density at radius 3 is 2.29 bits per heavy atom. The van der Waals surface area contributed by atoms with Gasteiger partial charge in [0.2, 0.25) is 0 Å². The van der Waals surface area contributed by atoms with E-state index in [0.29, 0.717) is 60.9 Å². The molecule has 1 aromatic heterocycles. The summed E-state index contributed by atoms with van der Waals surface area (Å²) in [7, 11) is 0. The number of aromatic nitrogens is 2. The normalized spacial score (nSPS) is 10.9. The van der Waals surface area contributed by atoms with Gasteiger partial charge in [0.25, 0.3) is 11.5 Å². The molecule has 3 aromatic rings. The van der Waals surface area contributed by atoms with Crippen molar-refractivity contribution in [3.8, 4) is 11.5 Å². The predicted molar refractivity (Wildman–Crippen MR) is 130 cm³/mol. The molecule has 0 spiro atoms. The second-order valence-corrected chi connectivity index (χ2v) is 7.54. The number of hydrogen-bond donors (Lipinski definition) is 2. The third kappa shape index (κ3) is 6.05. The molecule has 0 aliphatic carbocycles. The number of aromatic amines is 1. The average Bonchev–Trinajstić information content (AvgIpc) is 2.83. The summed E-state index contributed by atoms with van der Waals surface area (Å²) in [6.07, 6.45) is 0.738. The smallest absolute Gasteiger partial charge is 0.329 e. The fourth-order valence-corrected chi connectivity index (χ4v) is 3.51. The third-order valence-corrected chi connectivity index (χ3v) is 5.16. The van der Waals surface area contributed by atoms with Crippen molar-refractivity contribution in [3.05, 3.63) is 68.4 Å². The molecule has 0 atom stereocenters. The second kappa shape index (κ2) is 12.0. The van der Waals surface area contributed by atoms with Crippen LogP contribution < -0.4 is 26.0 Å². The summed E-state index contributed by atoms with van der Waals surface area (Å²) in [4.78, 5) is 40.8. The average molecular weight is 470 g/mol. The number of nitrogens with one attached hydrogen (secondary N) is 2. The van der Waals surface area contributed by atoms with E-state index in [1.807, 2.05) is 20.8 Å². The minimum absolute atomic E-state index is 0.0670. The Bertz CT molecular complexity index is 1230. The number of fused-ring (bicyclic) bond motifs is 1. The Labute approximate surface area is 197 Å². The summed E-state index contributed by atoms with van der Waals surface area (Å²) in [5.41, 5.74) is 0.647. The van der Waals surface area contributed by atoms with Crippen molar-refractivity contribution in [2.45, 2.75) is 33.7 Å². The van der Waals surface area contributed by atoms with Crippen molar-refractivity contribution in [2.24, 2.45) is 0 Å². The van der Waals surface area contributed by atoms with Crippen LogP contribution in [-0.4, -0.2) is 48.4 Å². The Morgan fingerprint density at radius 2 is 1.65 bits per heavy atom. The van der Waals surface area contributed by atoms with Gasteiger partial charge in [0.05, 0.1) is 30.7 Å². The van der Waals surface area contributed by atoms with Crippen LogP contribution in [0.1, 0.15) is 43.1 Å². The molecule has 9 heteroatoms. The molecule has 0 saturated heterocycles. The fraction of sp³-hybridized carbons (Fsp3) is 0.400. The van der Waals surface area contributed by atoms with E-state index in [-0.39, 0.29) is 12.5 Å². The van der Waals surface area contributed by atoms with Crippen LogP contribution in [0.2, 0.25) is 0 Å². The zero-order valence-corrected chi connectivity index (χ0v) is 19.8. The maximum atomic E-state index is 13.1. The first kappa shape index (κ1) is 25.0. The summed E-state index contributed by atoms with van der Waals surface area (Å²) in [5, 5.41) is 3.17. The maximum absolute atomic E-state index is 13.1. The highest BCUT2D eigenvalue weighted by molar-refractivity contribution is 5.94. The molecule has 34 heavy (non-hydrogen) atoms. The Hall–Kier alpha value is -3.59. The molecular formula is C25H31N3O6. The minimum atomic E-state index is -0.528. The van der Waals surface area contributed by atoms with E-state index in [2.05, 4.69) is 10.3 Å². The third-order valence-electron chi connectivity index (χ3n) is 5.16. The molecule has 2 N–H and O–H groups in total. The van der Waals surface area contributed by atoms with Gasteiger partial charge in [-0.05, 0) is 51.0 Å². The van der Waals surface area contributed by atoms with Crippen LogP contribution in [0.5, 0.6) is 11.5 Å². The van der Waals surface area contributed by atoms with Crippen LogP contribution in [0, 0.1) is 0 Å². The van der Waals surface area contributed by atoms with Crippen LogP contribution in [0.15, 0.2) is 46.0 Å². The highest BCUT2D eigenvalue weighted by Gasteiger charge is 2.14. The minimum Gasteiger partial charge on any atom is -0.490 e. The first-order valence-corrected chi connectivity index (χ1v) is 11.5. The van der Waals surface area contributed by atoms with Crippen molar-refractivity contribution >= 4 is 16.8 Å². The zero-order chi connectivity index (χ0) is 24.5. The van der Waals surface area contributed by atoms with E-state index in [1.165, 1.54) is 0 Å². The molecule has 0 fully saturated rings. The molecule has 0 unspecified atom stereocenters. The molecule has 0 radical (unpaired) electrons. The Morgan fingerprint density at radius 1 is 0.971 bits per heavy atom. The number of amides is 1. The maximum Gasteiger partial charge on any atom is 0.329 e. The van der Waals surface area contributed by atoms with E-state index < -0.39 is 11.2 Å². The summed E-state index contributed by atoms with van der Waals surface area (Å²) >= 11 is 0. The molecule has 0 aliphatic rings. The standard InChI is InChI=1S/C25H31N3O6/c1-4-32-13-7-12-26-23(29)18-10-8-17(9-11-18)16-28-24(30)19-14-21(33-5-2)22(34-6-3)15-20(19)27-25(28)31/h8-11,14-15H,4-7,12-13,16H2,1-3H3,(H,26,29)(H,27,31). The van der Waals surface area contributed by atoms with Crippen molar-refractivity contribution in [2.75, 3.05) is 33.0 Å². The number of carbonyl (C=O) groups excluding carboxylic acids is 1. The van der Waals surface area contributed by atoms with Crippen LogP contribution in [0.25, 0.3) is 10.9 Å². The summed E-state index contributed by atoms with van der Waals surface area (Å²) in [6.45, 7) is 8.30. The zero-order valence-electron chi connectivity index (χ0n) is 19.8. The number of rotatable bonds is 12. The van der Waals surface area contributed by atoms with Crippen LogP contribution in [0.3, 0.4) is 0 Å². The van der Waals surface area contributed by atoms with Gasteiger partial charge in [-0.2, -0.15) is 0 Å². The molecular weight excluding hydrogens is 438 g/mol. The van der Waals surface area contributed by atoms with Gasteiger partial charge in [-0.1, -0.05) is 12.1 Å². The molecule has 1 amide bonds. The van der Waals surface area contributed by atoms with E-state index in [4.69, 9.17) is 14.2 Å².